The summed E-state index contributed by atoms with van der Waals surface area (Å²) in [5, 5.41) is 3.03. The van der Waals surface area contributed by atoms with Gasteiger partial charge in [-0.05, 0) is 30.0 Å². The highest BCUT2D eigenvalue weighted by molar-refractivity contribution is 5.77. The maximum Gasteiger partial charge on any atom is 0.221 e. The highest BCUT2D eigenvalue weighted by atomic mass is 16.1. The van der Waals surface area contributed by atoms with Crippen LogP contribution >= 0.6 is 0 Å². The predicted octanol–water partition coefficient (Wildman–Crippen LogP) is 4.19. The van der Waals surface area contributed by atoms with Crippen LogP contribution in [-0.2, 0) is 11.3 Å². The normalized spacial score (nSPS) is 13.5. The van der Waals surface area contributed by atoms with Gasteiger partial charge in [0, 0.05) is 24.0 Å². The molecule has 4 nitrogen and oxygen atoms in total. The number of nitrogens with zero attached hydrogens (tertiary/aromatic N) is 2. The van der Waals surface area contributed by atoms with Crippen LogP contribution in [0.3, 0.4) is 0 Å². The molecule has 136 valence electrons. The van der Waals surface area contributed by atoms with Gasteiger partial charge in [0.15, 0.2) is 0 Å². The Hall–Kier alpha value is -3.01. The molecule has 4 rings (SSSR count). The fraction of sp³-hybridized carbons (Fsp3) is 0.261. The van der Waals surface area contributed by atoms with Gasteiger partial charge < -0.3 is 5.32 Å². The fourth-order valence-corrected chi connectivity index (χ4v) is 3.36. The summed E-state index contributed by atoms with van der Waals surface area (Å²) in [5.74, 6) is 0.655. The zero-order valence-electron chi connectivity index (χ0n) is 15.2. The van der Waals surface area contributed by atoms with Gasteiger partial charge in [0.25, 0.3) is 0 Å². The minimum atomic E-state index is 0.0271. The molecule has 1 amide bonds. The minimum Gasteiger partial charge on any atom is -0.350 e. The minimum absolute atomic E-state index is 0.0271. The molecule has 0 saturated heterocycles. The lowest BCUT2D eigenvalue weighted by atomic mass is 9.88. The number of amides is 1. The van der Waals surface area contributed by atoms with Crippen molar-refractivity contribution in [2.24, 2.45) is 0 Å². The number of benzene rings is 2. The molecule has 2 aromatic carbocycles. The summed E-state index contributed by atoms with van der Waals surface area (Å²) in [7, 11) is 0. The molecule has 1 heterocycles. The van der Waals surface area contributed by atoms with Crippen molar-refractivity contribution in [2.75, 3.05) is 0 Å². The Bertz CT molecular complexity index is 852. The zero-order valence-corrected chi connectivity index (χ0v) is 15.2. The number of carbonyl (C=O) groups excluding carboxylic acids is 1. The number of aromatic nitrogens is 2. The Morgan fingerprint density at radius 1 is 0.963 bits per heavy atom. The predicted molar refractivity (Wildman–Crippen MR) is 105 cm³/mol. The van der Waals surface area contributed by atoms with E-state index in [1.807, 2.05) is 42.5 Å². The van der Waals surface area contributed by atoms with Gasteiger partial charge in [-0.3, -0.25) is 4.79 Å². The maximum atomic E-state index is 12.7. The van der Waals surface area contributed by atoms with Crippen molar-refractivity contribution in [3.05, 3.63) is 95.6 Å². The maximum absolute atomic E-state index is 12.7. The summed E-state index contributed by atoms with van der Waals surface area (Å²) in [6.45, 7) is 0.442. The molecule has 1 N–H and O–H groups in total. The summed E-state index contributed by atoms with van der Waals surface area (Å²) in [5.41, 5.74) is 4.27. The third-order valence-corrected chi connectivity index (χ3v) is 5.00. The van der Waals surface area contributed by atoms with Gasteiger partial charge in [-0.1, -0.05) is 60.7 Å². The standard InChI is InChI=1S/C23H23N3O/c27-23(24-15-20-13-22(19-11-12-19)26-16-25-20)14-21(17-7-3-1-4-8-17)18-9-5-2-6-10-18/h1-10,13,16,19,21H,11-12,14-15H2,(H,24,27). The first kappa shape index (κ1) is 17.4. The molecule has 0 radical (unpaired) electrons. The number of nitrogens with one attached hydrogen (secondary N) is 1. The van der Waals surface area contributed by atoms with Crippen molar-refractivity contribution in [3.63, 3.8) is 0 Å². The van der Waals surface area contributed by atoms with Gasteiger partial charge in [0.05, 0.1) is 12.2 Å². The summed E-state index contributed by atoms with van der Waals surface area (Å²) in [6, 6.07) is 22.4. The Labute approximate surface area is 159 Å². The first-order valence-electron chi connectivity index (χ1n) is 9.47. The van der Waals surface area contributed by atoms with E-state index in [4.69, 9.17) is 0 Å². The molecule has 0 unspecified atom stereocenters. The number of carbonyl (C=O) groups is 1. The average molecular weight is 357 g/mol. The summed E-state index contributed by atoms with van der Waals surface area (Å²) in [6.07, 6.45) is 4.43. The van der Waals surface area contributed by atoms with E-state index >= 15 is 0 Å². The molecule has 0 atom stereocenters. The number of hydrogen-bond acceptors (Lipinski definition) is 3. The van der Waals surface area contributed by atoms with Crippen molar-refractivity contribution < 1.29 is 4.79 Å². The molecule has 27 heavy (non-hydrogen) atoms. The molecule has 0 spiro atoms. The van der Waals surface area contributed by atoms with E-state index in [1.54, 1.807) is 6.33 Å². The van der Waals surface area contributed by atoms with E-state index < -0.39 is 0 Å². The highest BCUT2D eigenvalue weighted by Crippen LogP contribution is 2.38. The molecule has 4 heteroatoms. The Morgan fingerprint density at radius 3 is 2.19 bits per heavy atom. The van der Waals surface area contributed by atoms with Crippen LogP contribution in [0.4, 0.5) is 0 Å². The van der Waals surface area contributed by atoms with Crippen molar-refractivity contribution in [3.8, 4) is 0 Å². The third kappa shape index (κ3) is 4.59. The summed E-state index contributed by atoms with van der Waals surface area (Å²) < 4.78 is 0. The van der Waals surface area contributed by atoms with Gasteiger partial charge in [0.2, 0.25) is 5.91 Å². The molecular weight excluding hydrogens is 334 g/mol. The smallest absolute Gasteiger partial charge is 0.221 e. The molecule has 1 aromatic heterocycles. The van der Waals surface area contributed by atoms with Gasteiger partial charge in [-0.15, -0.1) is 0 Å². The second kappa shape index (κ2) is 8.12. The van der Waals surface area contributed by atoms with Crippen LogP contribution < -0.4 is 5.32 Å². The van der Waals surface area contributed by atoms with Crippen LogP contribution in [0.2, 0.25) is 0 Å². The van der Waals surface area contributed by atoms with E-state index in [1.165, 1.54) is 12.8 Å². The fourth-order valence-electron chi connectivity index (χ4n) is 3.36. The van der Waals surface area contributed by atoms with Crippen LogP contribution in [0, 0.1) is 0 Å². The zero-order chi connectivity index (χ0) is 18.5. The highest BCUT2D eigenvalue weighted by Gasteiger charge is 2.25. The molecule has 0 aliphatic heterocycles. The van der Waals surface area contributed by atoms with Crippen molar-refractivity contribution in [2.45, 2.75) is 37.6 Å². The Kier molecular flexibility index (Phi) is 5.24. The first-order chi connectivity index (χ1) is 13.3. The summed E-state index contributed by atoms with van der Waals surface area (Å²) in [4.78, 5) is 21.3. The third-order valence-electron chi connectivity index (χ3n) is 5.00. The van der Waals surface area contributed by atoms with E-state index in [0.717, 1.165) is 22.5 Å². The van der Waals surface area contributed by atoms with Crippen molar-refractivity contribution in [1.29, 1.82) is 0 Å². The molecule has 3 aromatic rings. The van der Waals surface area contributed by atoms with Crippen LogP contribution in [0.5, 0.6) is 0 Å². The second-order valence-electron chi connectivity index (χ2n) is 7.06. The largest absolute Gasteiger partial charge is 0.350 e. The lowest BCUT2D eigenvalue weighted by Crippen LogP contribution is -2.25. The number of hydrogen-bond donors (Lipinski definition) is 1. The lowest BCUT2D eigenvalue weighted by Gasteiger charge is -2.18. The van der Waals surface area contributed by atoms with Crippen molar-refractivity contribution >= 4 is 5.91 Å². The van der Waals surface area contributed by atoms with E-state index in [2.05, 4.69) is 39.6 Å². The Balaban J connectivity index is 1.43. The van der Waals surface area contributed by atoms with E-state index in [9.17, 15) is 4.79 Å². The number of rotatable bonds is 7. The van der Waals surface area contributed by atoms with Crippen LogP contribution in [0.15, 0.2) is 73.1 Å². The molecule has 1 fully saturated rings. The molecule has 1 saturated carbocycles. The molecule has 1 aliphatic carbocycles. The summed E-state index contributed by atoms with van der Waals surface area (Å²) >= 11 is 0. The quantitative estimate of drug-likeness (QED) is 0.690. The topological polar surface area (TPSA) is 54.9 Å². The van der Waals surface area contributed by atoms with E-state index in [0.29, 0.717) is 18.9 Å². The van der Waals surface area contributed by atoms with Crippen LogP contribution in [-0.4, -0.2) is 15.9 Å². The van der Waals surface area contributed by atoms with E-state index in [-0.39, 0.29) is 11.8 Å². The monoisotopic (exact) mass is 357 g/mol. The molecular formula is C23H23N3O. The van der Waals surface area contributed by atoms with Gasteiger partial charge >= 0.3 is 0 Å². The molecule has 0 bridgehead atoms. The second-order valence-corrected chi connectivity index (χ2v) is 7.06. The van der Waals surface area contributed by atoms with Crippen molar-refractivity contribution in [1.82, 2.24) is 15.3 Å². The van der Waals surface area contributed by atoms with Gasteiger partial charge in [0.1, 0.15) is 6.33 Å². The van der Waals surface area contributed by atoms with Gasteiger partial charge in [-0.25, -0.2) is 9.97 Å². The SMILES string of the molecule is O=C(CC(c1ccccc1)c1ccccc1)NCc1cc(C2CC2)ncn1. The average Bonchev–Trinajstić information content (AvgIpc) is 3.57. The molecule has 1 aliphatic rings. The Morgan fingerprint density at radius 2 is 1.59 bits per heavy atom. The van der Waals surface area contributed by atoms with Gasteiger partial charge in [-0.2, -0.15) is 0 Å². The first-order valence-corrected chi connectivity index (χ1v) is 9.47. The van der Waals surface area contributed by atoms with Crippen LogP contribution in [0.25, 0.3) is 0 Å². The lowest BCUT2D eigenvalue weighted by molar-refractivity contribution is -0.121. The van der Waals surface area contributed by atoms with Crippen LogP contribution in [0.1, 0.15) is 53.6 Å².